The van der Waals surface area contributed by atoms with Crippen LogP contribution in [0.15, 0.2) is 117 Å². The summed E-state index contributed by atoms with van der Waals surface area (Å²) in [6.45, 7) is 2.10. The molecule has 4 aromatic carbocycles. The molecule has 0 atom stereocenters. The first kappa shape index (κ1) is 29.3. The first-order valence-electron chi connectivity index (χ1n) is 12.7. The van der Waals surface area contributed by atoms with Crippen LogP contribution in [0.3, 0.4) is 0 Å². The van der Waals surface area contributed by atoms with Crippen molar-refractivity contribution >= 4 is 24.9 Å². The molecule has 0 saturated carbocycles. The number of hydrogen-bond donors (Lipinski definition) is 4. The Morgan fingerprint density at radius 2 is 0.550 bits per heavy atom. The minimum atomic E-state index is 0.217. The molecule has 8 nitrogen and oxygen atoms in total. The Morgan fingerprint density at radius 1 is 0.350 bits per heavy atom. The summed E-state index contributed by atoms with van der Waals surface area (Å²) in [7, 11) is 0. The number of phenolic OH excluding ortho intramolecular Hbond substituents is 4. The zero-order valence-electron chi connectivity index (χ0n) is 22.0. The van der Waals surface area contributed by atoms with E-state index in [2.05, 4.69) is 20.0 Å². The Labute approximate surface area is 233 Å². The molecule has 0 radical (unpaired) electrons. The van der Waals surface area contributed by atoms with Gasteiger partial charge in [-0.1, -0.05) is 48.5 Å². The van der Waals surface area contributed by atoms with E-state index in [4.69, 9.17) is 0 Å². The third-order valence-corrected chi connectivity index (χ3v) is 5.38. The highest BCUT2D eigenvalue weighted by Gasteiger charge is 1.96. The van der Waals surface area contributed by atoms with Crippen molar-refractivity contribution in [1.29, 1.82) is 0 Å². The fourth-order valence-corrected chi connectivity index (χ4v) is 3.27. The molecule has 40 heavy (non-hydrogen) atoms. The Bertz CT molecular complexity index is 1240. The molecule has 0 aromatic heterocycles. The van der Waals surface area contributed by atoms with Crippen molar-refractivity contribution < 1.29 is 20.4 Å². The van der Waals surface area contributed by atoms with Crippen LogP contribution in [0.1, 0.15) is 22.3 Å². The molecule has 4 rings (SSSR count). The zero-order chi connectivity index (χ0) is 28.4. The molecular weight excluding hydrogens is 504 g/mol. The van der Waals surface area contributed by atoms with Gasteiger partial charge in [-0.15, -0.1) is 0 Å². The summed E-state index contributed by atoms with van der Waals surface area (Å²) in [6.07, 6.45) is 6.52. The Morgan fingerprint density at radius 3 is 0.750 bits per heavy atom. The third-order valence-electron chi connectivity index (χ3n) is 5.38. The average Bonchev–Trinajstić information content (AvgIpc) is 2.96. The van der Waals surface area contributed by atoms with Gasteiger partial charge >= 0.3 is 0 Å². The summed E-state index contributed by atoms with van der Waals surface area (Å²) in [5.74, 6) is 0.867. The van der Waals surface area contributed by atoms with Crippen LogP contribution in [0.4, 0.5) is 0 Å². The van der Waals surface area contributed by atoms with Gasteiger partial charge in [0.05, 0.1) is 26.2 Å². The van der Waals surface area contributed by atoms with E-state index in [9.17, 15) is 20.4 Å². The van der Waals surface area contributed by atoms with E-state index in [0.29, 0.717) is 48.4 Å². The maximum Gasteiger partial charge on any atom is 0.124 e. The van der Waals surface area contributed by atoms with Crippen molar-refractivity contribution in [2.75, 3.05) is 26.2 Å². The van der Waals surface area contributed by atoms with Gasteiger partial charge in [0.2, 0.25) is 0 Å². The molecule has 0 unspecified atom stereocenters. The number of aromatic hydroxyl groups is 4. The fraction of sp³-hybridized carbons (Fsp3) is 0.125. The minimum Gasteiger partial charge on any atom is -0.507 e. The summed E-state index contributed by atoms with van der Waals surface area (Å²) in [5, 5.41) is 38.2. The summed E-state index contributed by atoms with van der Waals surface area (Å²) in [5.41, 5.74) is 2.77. The van der Waals surface area contributed by atoms with Crippen LogP contribution in [0, 0.1) is 0 Å². The molecule has 0 fully saturated rings. The SMILES string of the molecule is Oc1ccccc1C=NCCN=Cc1ccccc1O.Oc1ccccc1C=NCCN=Cc1ccccc1O. The smallest absolute Gasteiger partial charge is 0.124 e. The lowest BCUT2D eigenvalue weighted by atomic mass is 10.2. The highest BCUT2D eigenvalue weighted by Crippen LogP contribution is 2.15. The van der Waals surface area contributed by atoms with Crippen LogP contribution in [-0.2, 0) is 0 Å². The van der Waals surface area contributed by atoms with Crippen LogP contribution in [-0.4, -0.2) is 71.5 Å². The second-order valence-corrected chi connectivity index (χ2v) is 8.38. The molecule has 0 bridgehead atoms. The van der Waals surface area contributed by atoms with Crippen molar-refractivity contribution in [1.82, 2.24) is 0 Å². The summed E-state index contributed by atoms with van der Waals surface area (Å²) in [6, 6.07) is 28.1. The van der Waals surface area contributed by atoms with Crippen LogP contribution >= 0.6 is 0 Å². The molecule has 0 aliphatic rings. The van der Waals surface area contributed by atoms with E-state index >= 15 is 0 Å². The molecular formula is C32H32N4O4. The second kappa shape index (κ2) is 16.6. The Balaban J connectivity index is 0.000000220. The zero-order valence-corrected chi connectivity index (χ0v) is 22.0. The van der Waals surface area contributed by atoms with Crippen LogP contribution in [0.25, 0.3) is 0 Å². The standard InChI is InChI=1S/2C16H16N2O2/c2*19-15-7-3-1-5-13(15)11-17-9-10-18-12-14-6-2-4-8-16(14)20/h2*1-8,11-12,19-20H,9-10H2. The van der Waals surface area contributed by atoms with E-state index in [-0.39, 0.29) is 23.0 Å². The lowest BCUT2D eigenvalue weighted by Gasteiger charge is -1.97. The molecule has 0 heterocycles. The van der Waals surface area contributed by atoms with Crippen molar-refractivity contribution in [2.24, 2.45) is 20.0 Å². The van der Waals surface area contributed by atoms with Gasteiger partial charge in [0.25, 0.3) is 0 Å². The van der Waals surface area contributed by atoms with Gasteiger partial charge in [-0.25, -0.2) is 0 Å². The molecule has 0 saturated heterocycles. The van der Waals surface area contributed by atoms with Gasteiger partial charge in [-0.2, -0.15) is 0 Å². The van der Waals surface area contributed by atoms with Crippen LogP contribution in [0.5, 0.6) is 23.0 Å². The lowest BCUT2D eigenvalue weighted by Crippen LogP contribution is -1.91. The third kappa shape index (κ3) is 10.3. The molecule has 4 aromatic rings. The first-order valence-corrected chi connectivity index (χ1v) is 12.7. The van der Waals surface area contributed by atoms with Gasteiger partial charge in [0.1, 0.15) is 23.0 Å². The highest BCUT2D eigenvalue weighted by molar-refractivity contribution is 5.85. The number of nitrogens with zero attached hydrogens (tertiary/aromatic N) is 4. The predicted molar refractivity (Wildman–Crippen MR) is 162 cm³/mol. The maximum atomic E-state index is 9.54. The van der Waals surface area contributed by atoms with Gasteiger partial charge < -0.3 is 20.4 Å². The number of para-hydroxylation sites is 4. The monoisotopic (exact) mass is 536 g/mol. The number of benzene rings is 4. The fourth-order valence-electron chi connectivity index (χ4n) is 3.27. The summed E-state index contributed by atoms with van der Waals surface area (Å²) in [4.78, 5) is 16.8. The number of hydrogen-bond acceptors (Lipinski definition) is 8. The van der Waals surface area contributed by atoms with Gasteiger partial charge in [0, 0.05) is 47.1 Å². The quantitative estimate of drug-likeness (QED) is 0.162. The lowest BCUT2D eigenvalue weighted by molar-refractivity contribution is 0.474. The van der Waals surface area contributed by atoms with Crippen molar-refractivity contribution in [2.45, 2.75) is 0 Å². The van der Waals surface area contributed by atoms with Crippen molar-refractivity contribution in [3.8, 4) is 23.0 Å². The van der Waals surface area contributed by atoms with E-state index in [1.807, 2.05) is 24.3 Å². The second-order valence-electron chi connectivity index (χ2n) is 8.38. The summed E-state index contributed by atoms with van der Waals surface area (Å²) >= 11 is 0. The number of phenols is 4. The van der Waals surface area contributed by atoms with Crippen LogP contribution < -0.4 is 0 Å². The van der Waals surface area contributed by atoms with Gasteiger partial charge in [-0.3, -0.25) is 20.0 Å². The van der Waals surface area contributed by atoms with Crippen molar-refractivity contribution in [3.05, 3.63) is 119 Å². The minimum absolute atomic E-state index is 0.217. The number of aliphatic imine (C=N–C) groups is 4. The Kier molecular flexibility index (Phi) is 12.1. The Hall–Kier alpha value is -5.24. The number of rotatable bonds is 10. The first-order chi connectivity index (χ1) is 19.5. The summed E-state index contributed by atoms with van der Waals surface area (Å²) < 4.78 is 0. The molecule has 4 N–H and O–H groups in total. The van der Waals surface area contributed by atoms with Gasteiger partial charge in [-0.05, 0) is 48.5 Å². The average molecular weight is 537 g/mol. The highest BCUT2D eigenvalue weighted by atomic mass is 16.3. The van der Waals surface area contributed by atoms with E-state index < -0.39 is 0 Å². The molecule has 0 amide bonds. The molecule has 0 spiro atoms. The van der Waals surface area contributed by atoms with E-state index in [0.717, 1.165) is 0 Å². The van der Waals surface area contributed by atoms with E-state index in [1.54, 1.807) is 97.7 Å². The normalized spacial score (nSPS) is 11.4. The molecule has 8 heteroatoms. The van der Waals surface area contributed by atoms with Gasteiger partial charge in [0.15, 0.2) is 0 Å². The predicted octanol–water partition coefficient (Wildman–Crippen LogP) is 5.27. The van der Waals surface area contributed by atoms with Crippen LogP contribution in [0.2, 0.25) is 0 Å². The van der Waals surface area contributed by atoms with Crippen molar-refractivity contribution in [3.63, 3.8) is 0 Å². The molecule has 0 aliphatic heterocycles. The molecule has 0 aliphatic carbocycles. The topological polar surface area (TPSA) is 130 Å². The largest absolute Gasteiger partial charge is 0.507 e. The molecule has 204 valence electrons. The maximum absolute atomic E-state index is 9.54. The van der Waals surface area contributed by atoms with E-state index in [1.165, 1.54) is 0 Å².